The highest BCUT2D eigenvalue weighted by molar-refractivity contribution is 7.10. The second-order valence-corrected chi connectivity index (χ2v) is 10.2. The van der Waals surface area contributed by atoms with E-state index in [2.05, 4.69) is 56.7 Å². The number of carbonyl (C=O) groups is 1. The first-order valence-corrected chi connectivity index (χ1v) is 11.6. The molecule has 2 radical (unpaired) electrons. The first-order chi connectivity index (χ1) is 13.6. The van der Waals surface area contributed by atoms with E-state index >= 15 is 0 Å². The molecule has 0 aromatic carbocycles. The zero-order valence-electron chi connectivity index (χ0n) is 18.6. The fraction of sp³-hybridized carbons (Fsp3) is 0.667. The Labute approximate surface area is 179 Å². The molecule has 4 nitrogen and oxygen atoms in total. The molecule has 2 aliphatic carbocycles. The standard InChI is InChI=1S/C24H35NO3S/c1-15-9-10-29-23(15)14-25(6)13-17(3)20-8-7-18(4)24(27)12-22(28-19(5)26)16(2)11-21(20)24/h9-11,17-18,20-22,27H,7-8,13-14H2,1-6H3/t17-,18-,20+,21-,22-,24-/m1/s1. The van der Waals surface area contributed by atoms with Crippen molar-refractivity contribution in [1.29, 1.82) is 0 Å². The molecule has 0 saturated heterocycles. The van der Waals surface area contributed by atoms with Crippen LogP contribution in [-0.2, 0) is 16.1 Å². The molecule has 5 heteroatoms. The number of nitrogens with zero attached hydrogens (tertiary/aromatic N) is 1. The lowest BCUT2D eigenvalue weighted by molar-refractivity contribution is -0.148. The molecular formula is C24H35NO3S. The zero-order chi connectivity index (χ0) is 21.3. The van der Waals surface area contributed by atoms with Gasteiger partial charge in [0.1, 0.15) is 6.10 Å². The largest absolute Gasteiger partial charge is 0.457 e. The van der Waals surface area contributed by atoms with Crippen molar-refractivity contribution in [3.05, 3.63) is 40.0 Å². The van der Waals surface area contributed by atoms with Gasteiger partial charge in [-0.25, -0.2) is 0 Å². The number of carbonyl (C=O) groups excluding carboxylic acids is 1. The molecule has 1 saturated carbocycles. The number of thiophene rings is 1. The summed E-state index contributed by atoms with van der Waals surface area (Å²) in [6.45, 7) is 11.9. The van der Waals surface area contributed by atoms with E-state index in [1.165, 1.54) is 17.4 Å². The van der Waals surface area contributed by atoms with Crippen LogP contribution in [-0.4, -0.2) is 41.3 Å². The molecule has 0 unspecified atom stereocenters. The van der Waals surface area contributed by atoms with E-state index in [4.69, 9.17) is 4.74 Å². The van der Waals surface area contributed by atoms with Gasteiger partial charge in [-0.1, -0.05) is 19.9 Å². The fourth-order valence-corrected chi connectivity index (χ4v) is 6.10. The second-order valence-electron chi connectivity index (χ2n) is 9.24. The van der Waals surface area contributed by atoms with Gasteiger partial charge in [-0.2, -0.15) is 0 Å². The molecule has 160 valence electrons. The van der Waals surface area contributed by atoms with Crippen molar-refractivity contribution in [1.82, 2.24) is 4.90 Å². The minimum Gasteiger partial charge on any atom is -0.457 e. The third kappa shape index (κ3) is 4.78. The SMILES string of the molecule is CC(=O)O[C@@H]1[C][C@@]2(O)[C@H](C)CC[C@@H]([C@H](C)CN(C)Cc3sccc3C)[C@H]2C=C1C. The molecule has 0 bridgehead atoms. The minimum atomic E-state index is -1.04. The van der Waals surface area contributed by atoms with Crippen LogP contribution in [0.4, 0.5) is 0 Å². The summed E-state index contributed by atoms with van der Waals surface area (Å²) in [7, 11) is 2.18. The van der Waals surface area contributed by atoms with E-state index in [0.29, 0.717) is 11.8 Å². The molecule has 6 atom stereocenters. The van der Waals surface area contributed by atoms with Gasteiger partial charge < -0.3 is 14.7 Å². The summed E-state index contributed by atoms with van der Waals surface area (Å²) < 4.78 is 5.41. The Morgan fingerprint density at radius 2 is 2.17 bits per heavy atom. The van der Waals surface area contributed by atoms with Crippen molar-refractivity contribution in [2.24, 2.45) is 23.7 Å². The lowest BCUT2D eigenvalue weighted by Crippen LogP contribution is -2.56. The third-order valence-corrected chi connectivity index (χ3v) is 7.88. The van der Waals surface area contributed by atoms with Gasteiger partial charge in [0.05, 0.1) is 12.0 Å². The Morgan fingerprint density at radius 1 is 1.45 bits per heavy atom. The number of fused-ring (bicyclic) bond motifs is 1. The van der Waals surface area contributed by atoms with Crippen molar-refractivity contribution in [3.8, 4) is 0 Å². The Bertz CT molecular complexity index is 757. The van der Waals surface area contributed by atoms with E-state index < -0.39 is 11.7 Å². The molecule has 1 aromatic heterocycles. The molecule has 29 heavy (non-hydrogen) atoms. The molecule has 3 rings (SSSR count). The normalized spacial score (nSPS) is 33.2. The van der Waals surface area contributed by atoms with E-state index in [0.717, 1.165) is 31.5 Å². The average molecular weight is 418 g/mol. The summed E-state index contributed by atoms with van der Waals surface area (Å²) in [5.74, 6) is 0.607. The number of hydrogen-bond acceptors (Lipinski definition) is 5. The first-order valence-electron chi connectivity index (χ1n) is 10.7. The third-order valence-electron chi connectivity index (χ3n) is 6.87. The monoisotopic (exact) mass is 417 g/mol. The maximum atomic E-state index is 11.6. The molecule has 1 heterocycles. The molecule has 1 fully saturated rings. The highest BCUT2D eigenvalue weighted by atomic mass is 32.1. The molecule has 2 aliphatic rings. The van der Waals surface area contributed by atoms with E-state index in [-0.39, 0.29) is 17.8 Å². The van der Waals surface area contributed by atoms with Crippen LogP contribution in [0.3, 0.4) is 0 Å². The molecule has 0 spiro atoms. The molecule has 0 aliphatic heterocycles. The van der Waals surface area contributed by atoms with Gasteiger partial charge in [-0.05, 0) is 74.1 Å². The number of aryl methyl sites for hydroxylation is 1. The summed E-state index contributed by atoms with van der Waals surface area (Å²) >= 11 is 1.82. The maximum Gasteiger partial charge on any atom is 0.303 e. The van der Waals surface area contributed by atoms with Crippen LogP contribution in [0, 0.1) is 37.0 Å². The first kappa shape index (κ1) is 22.5. The Kier molecular flexibility index (Phi) is 6.91. The van der Waals surface area contributed by atoms with Gasteiger partial charge in [-0.3, -0.25) is 4.79 Å². The highest BCUT2D eigenvalue weighted by Gasteiger charge is 2.53. The number of esters is 1. The van der Waals surface area contributed by atoms with Crippen molar-refractivity contribution >= 4 is 17.3 Å². The number of ether oxygens (including phenoxy) is 1. The minimum absolute atomic E-state index is 0.0185. The molecular weight excluding hydrogens is 382 g/mol. The second kappa shape index (κ2) is 8.91. The summed E-state index contributed by atoms with van der Waals surface area (Å²) in [5.41, 5.74) is 1.30. The van der Waals surface area contributed by atoms with Crippen LogP contribution in [0.2, 0.25) is 0 Å². The van der Waals surface area contributed by atoms with E-state index in [1.54, 1.807) is 0 Å². The number of hydrogen-bond donors (Lipinski definition) is 1. The van der Waals surface area contributed by atoms with Crippen LogP contribution in [0.1, 0.15) is 51.0 Å². The fourth-order valence-electron chi connectivity index (χ4n) is 5.11. The molecule has 1 N–H and O–H groups in total. The van der Waals surface area contributed by atoms with Gasteiger partial charge in [0.2, 0.25) is 0 Å². The van der Waals surface area contributed by atoms with Crippen molar-refractivity contribution in [2.45, 2.75) is 65.7 Å². The summed E-state index contributed by atoms with van der Waals surface area (Å²) in [5, 5.41) is 13.8. The lowest BCUT2D eigenvalue weighted by Gasteiger charge is -2.52. The average Bonchev–Trinajstić information content (AvgIpc) is 3.02. The number of aliphatic hydroxyl groups is 1. The molecule has 1 aromatic rings. The zero-order valence-corrected chi connectivity index (χ0v) is 19.4. The van der Waals surface area contributed by atoms with Crippen molar-refractivity contribution in [3.63, 3.8) is 0 Å². The Hall–Kier alpha value is -1.17. The van der Waals surface area contributed by atoms with Crippen LogP contribution in [0.25, 0.3) is 0 Å². The molecule has 0 amide bonds. The summed E-state index contributed by atoms with van der Waals surface area (Å²) in [6.07, 6.45) is 6.95. The topological polar surface area (TPSA) is 49.8 Å². The lowest BCUT2D eigenvalue weighted by atomic mass is 9.57. The van der Waals surface area contributed by atoms with Crippen LogP contribution >= 0.6 is 11.3 Å². The van der Waals surface area contributed by atoms with Crippen LogP contribution < -0.4 is 0 Å². The number of rotatable bonds is 6. The van der Waals surface area contributed by atoms with E-state index in [9.17, 15) is 9.90 Å². The predicted molar refractivity (Wildman–Crippen MR) is 117 cm³/mol. The Morgan fingerprint density at radius 3 is 2.79 bits per heavy atom. The summed E-state index contributed by atoms with van der Waals surface area (Å²) in [4.78, 5) is 15.3. The van der Waals surface area contributed by atoms with Gasteiger partial charge in [-0.15, -0.1) is 11.3 Å². The van der Waals surface area contributed by atoms with E-state index in [1.807, 2.05) is 18.3 Å². The summed E-state index contributed by atoms with van der Waals surface area (Å²) in [6, 6.07) is 2.18. The van der Waals surface area contributed by atoms with Gasteiger partial charge in [0.25, 0.3) is 0 Å². The van der Waals surface area contributed by atoms with Gasteiger partial charge in [0.15, 0.2) is 0 Å². The van der Waals surface area contributed by atoms with Crippen molar-refractivity contribution in [2.75, 3.05) is 13.6 Å². The maximum absolute atomic E-state index is 11.6. The van der Waals surface area contributed by atoms with Gasteiger partial charge >= 0.3 is 5.97 Å². The van der Waals surface area contributed by atoms with Crippen LogP contribution in [0.15, 0.2) is 23.1 Å². The van der Waals surface area contributed by atoms with Gasteiger partial charge in [0, 0.05) is 30.8 Å². The predicted octanol–water partition coefficient (Wildman–Crippen LogP) is 4.49. The highest BCUT2D eigenvalue weighted by Crippen LogP contribution is 2.50. The Balaban J connectivity index is 1.74. The quantitative estimate of drug-likeness (QED) is 0.547. The smallest absolute Gasteiger partial charge is 0.303 e. The van der Waals surface area contributed by atoms with Crippen molar-refractivity contribution < 1.29 is 14.6 Å². The van der Waals surface area contributed by atoms with Crippen LogP contribution in [0.5, 0.6) is 0 Å².